The lowest BCUT2D eigenvalue weighted by Crippen LogP contribution is -2.71. The maximum absolute atomic E-state index is 12.5. The predicted octanol–water partition coefficient (Wildman–Crippen LogP) is 1.43. The Kier molecular flexibility index (Phi) is 4.00. The number of benzene rings is 1. The van der Waals surface area contributed by atoms with Gasteiger partial charge in [-0.05, 0) is 37.5 Å². The molecule has 3 N–H and O–H groups in total. The molecule has 116 valence electrons. The van der Waals surface area contributed by atoms with Crippen LogP contribution in [0.2, 0.25) is 5.02 Å². The van der Waals surface area contributed by atoms with E-state index < -0.39 is 10.0 Å². The van der Waals surface area contributed by atoms with Crippen molar-refractivity contribution in [2.75, 3.05) is 6.61 Å². The van der Waals surface area contributed by atoms with Crippen LogP contribution in [0.3, 0.4) is 0 Å². The van der Waals surface area contributed by atoms with Gasteiger partial charge in [0.15, 0.2) is 0 Å². The summed E-state index contributed by atoms with van der Waals surface area (Å²) in [6.45, 7) is 2.52. The Morgan fingerprint density at radius 3 is 2.90 bits per heavy atom. The quantitative estimate of drug-likeness (QED) is 0.878. The first kappa shape index (κ1) is 15.2. The number of rotatable bonds is 3. The Morgan fingerprint density at radius 2 is 2.19 bits per heavy atom. The fraction of sp³-hybridized carbons (Fsp3) is 0.571. The van der Waals surface area contributed by atoms with E-state index in [1.54, 1.807) is 12.1 Å². The van der Waals surface area contributed by atoms with Crippen LogP contribution in [-0.2, 0) is 14.8 Å². The van der Waals surface area contributed by atoms with Crippen molar-refractivity contribution in [1.82, 2.24) is 4.72 Å². The van der Waals surface area contributed by atoms with Crippen LogP contribution in [0.25, 0.3) is 0 Å². The van der Waals surface area contributed by atoms with Crippen LogP contribution in [-0.4, -0.2) is 33.2 Å². The van der Waals surface area contributed by atoms with Crippen LogP contribution in [0, 0.1) is 12.8 Å². The van der Waals surface area contributed by atoms with E-state index >= 15 is 0 Å². The fourth-order valence-corrected chi connectivity index (χ4v) is 5.04. The highest BCUT2D eigenvalue weighted by molar-refractivity contribution is 7.89. The lowest BCUT2D eigenvalue weighted by atomic mass is 9.69. The van der Waals surface area contributed by atoms with E-state index in [1.165, 1.54) is 6.07 Å². The first-order valence-electron chi connectivity index (χ1n) is 7.06. The van der Waals surface area contributed by atoms with Crippen LogP contribution < -0.4 is 10.5 Å². The van der Waals surface area contributed by atoms with Gasteiger partial charge in [-0.3, -0.25) is 0 Å². The molecule has 3 rings (SSSR count). The Morgan fingerprint density at radius 1 is 1.43 bits per heavy atom. The summed E-state index contributed by atoms with van der Waals surface area (Å²) < 4.78 is 33.3. The predicted molar refractivity (Wildman–Crippen MR) is 80.7 cm³/mol. The lowest BCUT2D eigenvalue weighted by molar-refractivity contribution is -0.114. The summed E-state index contributed by atoms with van der Waals surface area (Å²) in [5.41, 5.74) is 7.00. The van der Waals surface area contributed by atoms with Gasteiger partial charge in [-0.1, -0.05) is 17.7 Å². The monoisotopic (exact) mass is 330 g/mol. The fourth-order valence-electron chi connectivity index (χ4n) is 3.16. The zero-order valence-electron chi connectivity index (χ0n) is 11.8. The standard InChI is InChI=1S/C14H19ClN2O3S/c1-8-4-5-11(10(15)7-8)21(18,19)17-13-12(16)9-3-2-6-20-14(9)13/h4-5,7,9,12-14,17H,2-3,6,16H2,1H3. The van der Waals surface area contributed by atoms with Gasteiger partial charge in [0.2, 0.25) is 10.0 Å². The molecular formula is C14H19ClN2O3S. The maximum Gasteiger partial charge on any atom is 0.242 e. The Labute approximate surface area is 129 Å². The molecule has 0 amide bonds. The molecule has 0 radical (unpaired) electrons. The average molecular weight is 331 g/mol. The van der Waals surface area contributed by atoms with Crippen LogP contribution >= 0.6 is 11.6 Å². The number of ether oxygens (including phenoxy) is 1. The van der Waals surface area contributed by atoms with E-state index in [-0.39, 0.29) is 34.0 Å². The number of aryl methyl sites for hydroxylation is 1. The highest BCUT2D eigenvalue weighted by Gasteiger charge is 2.52. The minimum absolute atomic E-state index is 0.0845. The topological polar surface area (TPSA) is 81.4 Å². The number of hydrogen-bond donors (Lipinski definition) is 2. The number of fused-ring (bicyclic) bond motifs is 1. The molecule has 1 saturated carbocycles. The molecule has 1 aliphatic carbocycles. The van der Waals surface area contributed by atoms with Crippen LogP contribution in [0.5, 0.6) is 0 Å². The third-order valence-electron chi connectivity index (χ3n) is 4.35. The molecular weight excluding hydrogens is 312 g/mol. The zero-order valence-corrected chi connectivity index (χ0v) is 13.3. The van der Waals surface area contributed by atoms with Gasteiger partial charge in [0.25, 0.3) is 0 Å². The summed E-state index contributed by atoms with van der Waals surface area (Å²) in [5.74, 6) is 0.250. The van der Waals surface area contributed by atoms with Crippen molar-refractivity contribution in [3.05, 3.63) is 28.8 Å². The number of halogens is 1. The number of nitrogens with one attached hydrogen (secondary N) is 1. The van der Waals surface area contributed by atoms with E-state index in [9.17, 15) is 8.42 Å². The molecule has 5 nitrogen and oxygen atoms in total. The van der Waals surface area contributed by atoms with Crippen LogP contribution in [0.15, 0.2) is 23.1 Å². The normalized spacial score (nSPS) is 32.3. The smallest absolute Gasteiger partial charge is 0.242 e. The first-order chi connectivity index (χ1) is 9.90. The molecule has 7 heteroatoms. The minimum Gasteiger partial charge on any atom is -0.376 e. The third-order valence-corrected chi connectivity index (χ3v) is 6.29. The van der Waals surface area contributed by atoms with Crippen molar-refractivity contribution < 1.29 is 13.2 Å². The summed E-state index contributed by atoms with van der Waals surface area (Å²) in [6, 6.07) is 4.30. The Bertz CT molecular complexity index is 650. The molecule has 2 aliphatic rings. The molecule has 0 spiro atoms. The molecule has 21 heavy (non-hydrogen) atoms. The average Bonchev–Trinajstić information content (AvgIpc) is 2.44. The molecule has 2 fully saturated rings. The molecule has 1 aliphatic heterocycles. The molecule has 0 bridgehead atoms. The molecule has 0 aromatic heterocycles. The highest BCUT2D eigenvalue weighted by atomic mass is 35.5. The summed E-state index contributed by atoms with van der Waals surface area (Å²) in [5, 5.41) is 0.219. The molecule has 4 unspecified atom stereocenters. The van der Waals surface area contributed by atoms with E-state index in [4.69, 9.17) is 22.1 Å². The van der Waals surface area contributed by atoms with Crippen molar-refractivity contribution >= 4 is 21.6 Å². The van der Waals surface area contributed by atoms with Crippen molar-refractivity contribution in [3.63, 3.8) is 0 Å². The van der Waals surface area contributed by atoms with Gasteiger partial charge in [-0.15, -0.1) is 0 Å². The van der Waals surface area contributed by atoms with Crippen molar-refractivity contribution in [3.8, 4) is 0 Å². The Balaban J connectivity index is 1.80. The second kappa shape index (κ2) is 5.52. The zero-order chi connectivity index (χ0) is 15.2. The van der Waals surface area contributed by atoms with Gasteiger partial charge in [0, 0.05) is 18.6 Å². The van der Waals surface area contributed by atoms with E-state index in [0.717, 1.165) is 18.4 Å². The first-order valence-corrected chi connectivity index (χ1v) is 8.92. The molecule has 1 heterocycles. The van der Waals surface area contributed by atoms with Gasteiger partial charge < -0.3 is 10.5 Å². The van der Waals surface area contributed by atoms with Gasteiger partial charge in [-0.25, -0.2) is 13.1 Å². The summed E-state index contributed by atoms with van der Waals surface area (Å²) in [6.07, 6.45) is 1.86. The van der Waals surface area contributed by atoms with E-state index in [1.807, 2.05) is 6.92 Å². The molecule has 4 atom stereocenters. The summed E-state index contributed by atoms with van der Waals surface area (Å²) in [4.78, 5) is 0.0845. The molecule has 1 aromatic carbocycles. The van der Waals surface area contributed by atoms with Gasteiger partial charge in [-0.2, -0.15) is 0 Å². The molecule has 1 aromatic rings. The number of nitrogens with two attached hydrogens (primary N) is 1. The van der Waals surface area contributed by atoms with E-state index in [2.05, 4.69) is 4.72 Å². The maximum atomic E-state index is 12.5. The number of sulfonamides is 1. The second-order valence-electron chi connectivity index (χ2n) is 5.80. The van der Waals surface area contributed by atoms with E-state index in [0.29, 0.717) is 6.61 Å². The van der Waals surface area contributed by atoms with Crippen molar-refractivity contribution in [1.29, 1.82) is 0 Å². The van der Waals surface area contributed by atoms with Gasteiger partial charge in [0.05, 0.1) is 17.2 Å². The lowest BCUT2D eigenvalue weighted by Gasteiger charge is -2.52. The van der Waals surface area contributed by atoms with Gasteiger partial charge >= 0.3 is 0 Å². The largest absolute Gasteiger partial charge is 0.376 e. The van der Waals surface area contributed by atoms with Gasteiger partial charge in [0.1, 0.15) is 4.90 Å². The highest BCUT2D eigenvalue weighted by Crippen LogP contribution is 2.38. The summed E-state index contributed by atoms with van der Waals surface area (Å²) >= 11 is 6.05. The van der Waals surface area contributed by atoms with Crippen molar-refractivity contribution in [2.45, 2.75) is 42.8 Å². The van der Waals surface area contributed by atoms with Crippen LogP contribution in [0.4, 0.5) is 0 Å². The molecule has 1 saturated heterocycles. The van der Waals surface area contributed by atoms with Crippen molar-refractivity contribution in [2.24, 2.45) is 11.7 Å². The number of hydrogen-bond acceptors (Lipinski definition) is 4. The minimum atomic E-state index is -3.69. The Hall–Kier alpha value is -0.660. The SMILES string of the molecule is Cc1ccc(S(=O)(=O)NC2C(N)C3CCCOC32)c(Cl)c1. The summed E-state index contributed by atoms with van der Waals surface area (Å²) in [7, 11) is -3.69. The third kappa shape index (κ3) is 2.71. The van der Waals surface area contributed by atoms with Crippen LogP contribution in [0.1, 0.15) is 18.4 Å². The second-order valence-corrected chi connectivity index (χ2v) is 7.89.